The van der Waals surface area contributed by atoms with Gasteiger partial charge < -0.3 is 4.74 Å². The van der Waals surface area contributed by atoms with Crippen molar-refractivity contribution in [3.05, 3.63) is 58.7 Å². The van der Waals surface area contributed by atoms with E-state index >= 15 is 0 Å². The summed E-state index contributed by atoms with van der Waals surface area (Å²) in [6.07, 6.45) is -0.666. The number of rotatable bonds is 4. The van der Waals surface area contributed by atoms with Crippen molar-refractivity contribution in [1.29, 1.82) is 0 Å². The summed E-state index contributed by atoms with van der Waals surface area (Å²) in [6, 6.07) is 10.9. The van der Waals surface area contributed by atoms with Crippen LogP contribution in [-0.2, 0) is 14.8 Å². The maximum Gasteiger partial charge on any atom is 0.435 e. The van der Waals surface area contributed by atoms with E-state index in [-0.39, 0.29) is 16.6 Å². The number of benzene rings is 2. The zero-order chi connectivity index (χ0) is 24.6. The van der Waals surface area contributed by atoms with Gasteiger partial charge in [0.1, 0.15) is 5.60 Å². The number of hydrogen-bond donors (Lipinski definition) is 0. The largest absolute Gasteiger partial charge is 0.442 e. The van der Waals surface area contributed by atoms with Gasteiger partial charge in [0.2, 0.25) is 0 Å². The first-order valence-electron chi connectivity index (χ1n) is 10.7. The predicted molar refractivity (Wildman–Crippen MR) is 134 cm³/mol. The van der Waals surface area contributed by atoms with Crippen molar-refractivity contribution in [3.8, 4) is 0 Å². The fourth-order valence-corrected chi connectivity index (χ4v) is 6.36. The summed E-state index contributed by atoms with van der Waals surface area (Å²) >= 11 is 1.30. The van der Waals surface area contributed by atoms with Gasteiger partial charge >= 0.3 is 6.09 Å². The van der Waals surface area contributed by atoms with E-state index in [1.807, 2.05) is 39.0 Å². The fraction of sp³-hybridized carbons (Fsp3) is 0.417. The molecule has 0 N–H and O–H groups in total. The number of hydrogen-bond acceptors (Lipinski definition) is 6. The normalized spacial score (nSPS) is 15.7. The first kappa shape index (κ1) is 25.1. The van der Waals surface area contributed by atoms with E-state index < -0.39 is 21.7 Å². The third-order valence-electron chi connectivity index (χ3n) is 5.21. The standard InChI is InChI=1S/C24H31N3O4S2/c1-16-11-12-18(3)21(15-16)33(29,30)26-13-14-32-22(26)25-27(23(28)31-24(5,6)7)20-10-8-9-17(2)19(20)4/h8-12,15H,13-14H2,1-7H3. The van der Waals surface area contributed by atoms with E-state index in [9.17, 15) is 13.2 Å². The highest BCUT2D eigenvalue weighted by Gasteiger charge is 2.35. The van der Waals surface area contributed by atoms with Gasteiger partial charge in [0.05, 0.1) is 10.6 Å². The maximum atomic E-state index is 13.6. The fourth-order valence-electron chi connectivity index (χ4n) is 3.34. The molecule has 0 spiro atoms. The number of anilines is 1. The molecule has 1 saturated heterocycles. The number of carbonyl (C=O) groups is 1. The lowest BCUT2D eigenvalue weighted by atomic mass is 10.1. The quantitative estimate of drug-likeness (QED) is 0.540. The number of amides is 1. The van der Waals surface area contributed by atoms with Gasteiger partial charge in [-0.25, -0.2) is 17.5 Å². The van der Waals surface area contributed by atoms with E-state index in [2.05, 4.69) is 5.10 Å². The summed E-state index contributed by atoms with van der Waals surface area (Å²) in [5.74, 6) is 0.540. The number of aryl methyl sites for hydroxylation is 3. The first-order valence-corrected chi connectivity index (χ1v) is 13.1. The zero-order valence-electron chi connectivity index (χ0n) is 20.2. The molecule has 2 aromatic carbocycles. The average Bonchev–Trinajstić information content (AvgIpc) is 3.18. The van der Waals surface area contributed by atoms with Crippen LogP contribution in [0.4, 0.5) is 10.5 Å². The molecule has 9 heteroatoms. The summed E-state index contributed by atoms with van der Waals surface area (Å²) in [5, 5.41) is 5.95. The number of carbonyl (C=O) groups excluding carboxylic acids is 1. The van der Waals surface area contributed by atoms with Crippen LogP contribution in [0.2, 0.25) is 0 Å². The lowest BCUT2D eigenvalue weighted by Gasteiger charge is -2.27. The van der Waals surface area contributed by atoms with Gasteiger partial charge in [-0.1, -0.05) is 36.0 Å². The van der Waals surface area contributed by atoms with Crippen LogP contribution in [0.25, 0.3) is 0 Å². The smallest absolute Gasteiger partial charge is 0.435 e. The zero-order valence-corrected chi connectivity index (χ0v) is 21.8. The molecule has 1 aliphatic heterocycles. The van der Waals surface area contributed by atoms with Gasteiger partial charge in [0.15, 0.2) is 5.17 Å². The van der Waals surface area contributed by atoms with E-state index in [0.717, 1.165) is 16.7 Å². The molecule has 7 nitrogen and oxygen atoms in total. The van der Waals surface area contributed by atoms with Gasteiger partial charge in [-0.05, 0) is 82.9 Å². The molecule has 0 aliphatic carbocycles. The molecule has 1 aliphatic rings. The highest BCUT2D eigenvalue weighted by molar-refractivity contribution is 8.15. The minimum absolute atomic E-state index is 0.239. The lowest BCUT2D eigenvalue weighted by Crippen LogP contribution is -2.38. The molecule has 0 radical (unpaired) electrons. The van der Waals surface area contributed by atoms with Crippen LogP contribution in [0.15, 0.2) is 46.4 Å². The van der Waals surface area contributed by atoms with E-state index in [1.165, 1.54) is 21.1 Å². The molecule has 1 amide bonds. The number of amidine groups is 1. The number of thioether (sulfide) groups is 1. The van der Waals surface area contributed by atoms with Gasteiger partial charge in [-0.3, -0.25) is 0 Å². The van der Waals surface area contributed by atoms with Gasteiger partial charge in [-0.15, -0.1) is 5.10 Å². The van der Waals surface area contributed by atoms with Crippen molar-refractivity contribution >= 4 is 38.7 Å². The second-order valence-electron chi connectivity index (χ2n) is 9.09. The SMILES string of the molecule is Cc1ccc(C)c(S(=O)(=O)N2CCSC2=NN(C(=O)OC(C)(C)C)c2cccc(C)c2C)c1. The Morgan fingerprint density at radius 1 is 1.09 bits per heavy atom. The predicted octanol–water partition coefficient (Wildman–Crippen LogP) is 5.37. The minimum atomic E-state index is -3.85. The third-order valence-corrected chi connectivity index (χ3v) is 8.20. The number of ether oxygens (including phenoxy) is 1. The van der Waals surface area contributed by atoms with Crippen molar-refractivity contribution in [2.24, 2.45) is 5.10 Å². The second kappa shape index (κ2) is 9.38. The van der Waals surface area contributed by atoms with Crippen LogP contribution < -0.4 is 5.01 Å². The second-order valence-corrected chi connectivity index (χ2v) is 12.0. The molecular formula is C24H31N3O4S2. The Labute approximate surface area is 200 Å². The summed E-state index contributed by atoms with van der Waals surface area (Å²) in [6.45, 7) is 13.1. The third kappa shape index (κ3) is 5.52. The molecule has 0 atom stereocenters. The van der Waals surface area contributed by atoms with Crippen molar-refractivity contribution in [2.75, 3.05) is 17.3 Å². The Morgan fingerprint density at radius 3 is 2.45 bits per heavy atom. The van der Waals surface area contributed by atoms with E-state index in [1.54, 1.807) is 45.9 Å². The monoisotopic (exact) mass is 489 g/mol. The van der Waals surface area contributed by atoms with Crippen LogP contribution >= 0.6 is 11.8 Å². The number of sulfonamides is 1. The summed E-state index contributed by atoms with van der Waals surface area (Å²) in [5.41, 5.74) is 3.18. The number of nitrogens with zero attached hydrogens (tertiary/aromatic N) is 3. The van der Waals surface area contributed by atoms with Crippen LogP contribution in [0.5, 0.6) is 0 Å². The number of hydrazone groups is 1. The Hall–Kier alpha value is -2.52. The van der Waals surface area contributed by atoms with Gasteiger partial charge in [-0.2, -0.15) is 5.01 Å². The Morgan fingerprint density at radius 2 is 1.79 bits per heavy atom. The maximum absolute atomic E-state index is 13.6. The molecule has 0 bridgehead atoms. The lowest BCUT2D eigenvalue weighted by molar-refractivity contribution is 0.0580. The molecule has 1 heterocycles. The summed E-state index contributed by atoms with van der Waals surface area (Å²) < 4.78 is 34.0. The minimum Gasteiger partial charge on any atom is -0.442 e. The van der Waals surface area contributed by atoms with Crippen molar-refractivity contribution < 1.29 is 17.9 Å². The van der Waals surface area contributed by atoms with Crippen LogP contribution in [0.1, 0.15) is 43.0 Å². The van der Waals surface area contributed by atoms with Crippen LogP contribution in [-0.4, -0.2) is 41.9 Å². The molecule has 1 fully saturated rings. The molecule has 0 aromatic heterocycles. The Kier molecular flexibility index (Phi) is 7.14. The van der Waals surface area contributed by atoms with Crippen molar-refractivity contribution in [1.82, 2.24) is 4.31 Å². The van der Waals surface area contributed by atoms with E-state index in [4.69, 9.17) is 4.74 Å². The molecule has 3 rings (SSSR count). The van der Waals surface area contributed by atoms with Gasteiger partial charge in [0, 0.05) is 12.3 Å². The Balaban J connectivity index is 2.10. The van der Waals surface area contributed by atoms with Crippen LogP contribution in [0, 0.1) is 27.7 Å². The summed E-state index contributed by atoms with van der Waals surface area (Å²) in [4.78, 5) is 13.4. The highest BCUT2D eigenvalue weighted by Crippen LogP contribution is 2.31. The summed E-state index contributed by atoms with van der Waals surface area (Å²) in [7, 11) is -3.85. The van der Waals surface area contributed by atoms with Crippen LogP contribution in [0.3, 0.4) is 0 Å². The Bertz CT molecular complexity index is 1200. The molecule has 0 unspecified atom stereocenters. The molecule has 0 saturated carbocycles. The first-order chi connectivity index (χ1) is 15.3. The molecule has 178 valence electrons. The molecule has 2 aromatic rings. The average molecular weight is 490 g/mol. The topological polar surface area (TPSA) is 79.3 Å². The molecule has 33 heavy (non-hydrogen) atoms. The molecular weight excluding hydrogens is 458 g/mol. The highest BCUT2D eigenvalue weighted by atomic mass is 32.2. The van der Waals surface area contributed by atoms with E-state index in [0.29, 0.717) is 17.0 Å². The van der Waals surface area contributed by atoms with Crippen molar-refractivity contribution in [3.63, 3.8) is 0 Å². The van der Waals surface area contributed by atoms with Gasteiger partial charge in [0.25, 0.3) is 10.0 Å². The van der Waals surface area contributed by atoms with Crippen molar-refractivity contribution in [2.45, 2.75) is 59.0 Å².